The van der Waals surface area contributed by atoms with E-state index in [4.69, 9.17) is 0 Å². The topological polar surface area (TPSA) is 49.8 Å². The minimum Gasteiger partial charge on any atom is -0.358 e. The molecular formula is C14H17N3O. The van der Waals surface area contributed by atoms with E-state index in [0.29, 0.717) is 11.7 Å². The molecule has 2 aromatic heterocycles. The molecule has 4 nitrogen and oxygen atoms in total. The molecule has 1 saturated heterocycles. The molecule has 0 amide bonds. The van der Waals surface area contributed by atoms with Gasteiger partial charge in [0.25, 0.3) is 0 Å². The van der Waals surface area contributed by atoms with Crippen LogP contribution in [0.4, 0.5) is 0 Å². The number of nitrogens with one attached hydrogen (secondary N) is 2. The van der Waals surface area contributed by atoms with Gasteiger partial charge >= 0.3 is 0 Å². The Morgan fingerprint density at radius 3 is 2.78 bits per heavy atom. The molecule has 0 aliphatic carbocycles. The summed E-state index contributed by atoms with van der Waals surface area (Å²) < 4.78 is 2.13. The Balaban J connectivity index is 1.89. The molecule has 0 atom stereocenters. The Kier molecular flexibility index (Phi) is 3.02. The van der Waals surface area contributed by atoms with Crippen LogP contribution >= 0.6 is 0 Å². The lowest BCUT2D eigenvalue weighted by atomic mass is 10.1. The second kappa shape index (κ2) is 4.82. The highest BCUT2D eigenvalue weighted by Gasteiger charge is 2.20. The smallest absolute Gasteiger partial charge is 0.225 e. The fraction of sp³-hybridized carbons (Fsp3) is 0.357. The fourth-order valence-corrected chi connectivity index (χ4v) is 2.60. The van der Waals surface area contributed by atoms with Gasteiger partial charge in [0.05, 0.1) is 11.4 Å². The molecule has 3 heterocycles. The van der Waals surface area contributed by atoms with Crippen LogP contribution in [0, 0.1) is 0 Å². The van der Waals surface area contributed by atoms with Crippen molar-refractivity contribution in [3.05, 3.63) is 48.0 Å². The van der Waals surface area contributed by atoms with E-state index in [1.54, 1.807) is 6.20 Å². The Bertz CT molecular complexity index is 521. The Morgan fingerprint density at radius 2 is 2.06 bits per heavy atom. The van der Waals surface area contributed by atoms with Crippen molar-refractivity contribution < 1.29 is 4.79 Å². The third-order valence-electron chi connectivity index (χ3n) is 3.56. The molecule has 1 aliphatic rings. The van der Waals surface area contributed by atoms with E-state index >= 15 is 0 Å². The van der Waals surface area contributed by atoms with E-state index in [1.807, 2.05) is 30.5 Å². The van der Waals surface area contributed by atoms with Gasteiger partial charge in [0.1, 0.15) is 0 Å². The lowest BCUT2D eigenvalue weighted by Crippen LogP contribution is -2.30. The summed E-state index contributed by atoms with van der Waals surface area (Å²) in [6.07, 6.45) is 5.97. The van der Waals surface area contributed by atoms with Crippen LogP contribution in [-0.4, -0.2) is 28.4 Å². The SMILES string of the molecule is O=C(c1ccc[nH]1)c1cccn1C1CCNCC1. The quantitative estimate of drug-likeness (QED) is 0.810. The Hall–Kier alpha value is -1.81. The van der Waals surface area contributed by atoms with Crippen LogP contribution in [0.15, 0.2) is 36.7 Å². The van der Waals surface area contributed by atoms with E-state index in [9.17, 15) is 4.79 Å². The van der Waals surface area contributed by atoms with Crippen LogP contribution in [-0.2, 0) is 0 Å². The van der Waals surface area contributed by atoms with Gasteiger partial charge in [-0.05, 0) is 50.2 Å². The van der Waals surface area contributed by atoms with Crippen molar-refractivity contribution in [1.82, 2.24) is 14.9 Å². The first-order valence-electron chi connectivity index (χ1n) is 6.42. The largest absolute Gasteiger partial charge is 0.358 e. The Morgan fingerprint density at radius 1 is 1.22 bits per heavy atom. The number of aromatic nitrogens is 2. The van der Waals surface area contributed by atoms with Crippen molar-refractivity contribution in [3.8, 4) is 0 Å². The number of hydrogen-bond acceptors (Lipinski definition) is 2. The predicted octanol–water partition coefficient (Wildman–Crippen LogP) is 1.97. The zero-order valence-corrected chi connectivity index (χ0v) is 10.2. The van der Waals surface area contributed by atoms with Gasteiger partial charge in [0.2, 0.25) is 5.78 Å². The summed E-state index contributed by atoms with van der Waals surface area (Å²) >= 11 is 0. The molecule has 94 valence electrons. The first kappa shape index (κ1) is 11.3. The van der Waals surface area contributed by atoms with E-state index < -0.39 is 0 Å². The molecule has 0 radical (unpaired) electrons. The van der Waals surface area contributed by atoms with Crippen LogP contribution < -0.4 is 5.32 Å². The zero-order chi connectivity index (χ0) is 12.4. The van der Waals surface area contributed by atoms with E-state index in [-0.39, 0.29) is 5.78 Å². The van der Waals surface area contributed by atoms with Crippen molar-refractivity contribution in [2.45, 2.75) is 18.9 Å². The van der Waals surface area contributed by atoms with Crippen LogP contribution in [0.5, 0.6) is 0 Å². The van der Waals surface area contributed by atoms with Crippen LogP contribution in [0.1, 0.15) is 35.1 Å². The van der Waals surface area contributed by atoms with E-state index in [1.165, 1.54) is 0 Å². The van der Waals surface area contributed by atoms with Gasteiger partial charge in [-0.3, -0.25) is 4.79 Å². The van der Waals surface area contributed by atoms with Crippen molar-refractivity contribution >= 4 is 5.78 Å². The second-order valence-electron chi connectivity index (χ2n) is 4.69. The molecular weight excluding hydrogens is 226 g/mol. The number of carbonyl (C=O) groups is 1. The van der Waals surface area contributed by atoms with Crippen molar-refractivity contribution in [3.63, 3.8) is 0 Å². The van der Waals surface area contributed by atoms with Gasteiger partial charge in [-0.1, -0.05) is 0 Å². The van der Waals surface area contributed by atoms with Crippen LogP contribution in [0.25, 0.3) is 0 Å². The zero-order valence-electron chi connectivity index (χ0n) is 10.2. The number of aromatic amines is 1. The summed E-state index contributed by atoms with van der Waals surface area (Å²) in [5, 5.41) is 3.35. The van der Waals surface area contributed by atoms with Crippen LogP contribution in [0.2, 0.25) is 0 Å². The molecule has 3 rings (SSSR count). The normalized spacial score (nSPS) is 16.9. The minimum absolute atomic E-state index is 0.0727. The standard InChI is InChI=1S/C14H17N3O/c18-14(12-3-1-7-16-12)13-4-2-10-17(13)11-5-8-15-9-6-11/h1-4,7,10-11,15-16H,5-6,8-9H2. The maximum atomic E-state index is 12.4. The lowest BCUT2D eigenvalue weighted by molar-refractivity contribution is 0.102. The average molecular weight is 243 g/mol. The fourth-order valence-electron chi connectivity index (χ4n) is 2.60. The monoisotopic (exact) mass is 243 g/mol. The molecule has 18 heavy (non-hydrogen) atoms. The Labute approximate surface area is 106 Å². The van der Waals surface area contributed by atoms with Gasteiger partial charge < -0.3 is 14.9 Å². The van der Waals surface area contributed by atoms with Crippen LogP contribution in [0.3, 0.4) is 0 Å². The molecule has 2 aromatic rings. The molecule has 4 heteroatoms. The van der Waals surface area contributed by atoms with Crippen molar-refractivity contribution in [2.75, 3.05) is 13.1 Å². The number of piperidine rings is 1. The van der Waals surface area contributed by atoms with Crippen molar-refractivity contribution in [1.29, 1.82) is 0 Å². The van der Waals surface area contributed by atoms with Gasteiger partial charge in [-0.25, -0.2) is 0 Å². The summed E-state index contributed by atoms with van der Waals surface area (Å²) in [5.41, 5.74) is 1.44. The highest BCUT2D eigenvalue weighted by Crippen LogP contribution is 2.22. The molecule has 1 fully saturated rings. The number of H-pyrrole nitrogens is 1. The number of rotatable bonds is 3. The molecule has 2 N–H and O–H groups in total. The molecule has 1 aliphatic heterocycles. The highest BCUT2D eigenvalue weighted by atomic mass is 16.1. The molecule has 0 unspecified atom stereocenters. The molecule has 0 spiro atoms. The summed E-state index contributed by atoms with van der Waals surface area (Å²) in [4.78, 5) is 15.3. The lowest BCUT2D eigenvalue weighted by Gasteiger charge is -2.25. The van der Waals surface area contributed by atoms with Gasteiger partial charge in [0.15, 0.2) is 0 Å². The summed E-state index contributed by atoms with van der Waals surface area (Å²) in [6.45, 7) is 2.05. The molecule has 0 saturated carbocycles. The van der Waals surface area contributed by atoms with E-state index in [0.717, 1.165) is 31.6 Å². The highest BCUT2D eigenvalue weighted by molar-refractivity contribution is 6.06. The second-order valence-corrected chi connectivity index (χ2v) is 4.69. The summed E-state index contributed by atoms with van der Waals surface area (Å²) in [6, 6.07) is 7.98. The summed E-state index contributed by atoms with van der Waals surface area (Å²) in [7, 11) is 0. The minimum atomic E-state index is 0.0727. The predicted molar refractivity (Wildman–Crippen MR) is 69.8 cm³/mol. The third-order valence-corrected chi connectivity index (χ3v) is 3.56. The number of hydrogen-bond donors (Lipinski definition) is 2. The van der Waals surface area contributed by atoms with Gasteiger partial charge in [-0.15, -0.1) is 0 Å². The van der Waals surface area contributed by atoms with E-state index in [2.05, 4.69) is 14.9 Å². The number of ketones is 1. The average Bonchev–Trinajstić information content (AvgIpc) is 3.10. The maximum absolute atomic E-state index is 12.4. The first-order chi connectivity index (χ1) is 8.86. The molecule has 0 aromatic carbocycles. The number of carbonyl (C=O) groups excluding carboxylic acids is 1. The molecule has 0 bridgehead atoms. The number of nitrogens with zero attached hydrogens (tertiary/aromatic N) is 1. The van der Waals surface area contributed by atoms with Crippen molar-refractivity contribution in [2.24, 2.45) is 0 Å². The maximum Gasteiger partial charge on any atom is 0.225 e. The third kappa shape index (κ3) is 1.99. The van der Waals surface area contributed by atoms with Gasteiger partial charge in [0, 0.05) is 18.4 Å². The van der Waals surface area contributed by atoms with Gasteiger partial charge in [-0.2, -0.15) is 0 Å². The first-order valence-corrected chi connectivity index (χ1v) is 6.42. The summed E-state index contributed by atoms with van der Waals surface area (Å²) in [5.74, 6) is 0.0727.